The highest BCUT2D eigenvalue weighted by Crippen LogP contribution is 2.27. The van der Waals surface area contributed by atoms with Crippen molar-refractivity contribution in [2.24, 2.45) is 0 Å². The predicted molar refractivity (Wildman–Crippen MR) is 64.4 cm³/mol. The summed E-state index contributed by atoms with van der Waals surface area (Å²) in [5.74, 6) is -0.468. The van der Waals surface area contributed by atoms with Crippen LogP contribution in [-0.4, -0.2) is 27.8 Å². The number of aryl methyl sites for hydroxylation is 1. The van der Waals surface area contributed by atoms with E-state index in [9.17, 15) is 14.9 Å². The van der Waals surface area contributed by atoms with Crippen molar-refractivity contribution < 1.29 is 14.5 Å². The first-order valence-electron chi connectivity index (χ1n) is 5.80. The molecule has 0 fully saturated rings. The van der Waals surface area contributed by atoms with Crippen molar-refractivity contribution in [3.63, 3.8) is 0 Å². The molecule has 0 aliphatic rings. The molecule has 0 aliphatic heterocycles. The Morgan fingerprint density at radius 1 is 1.50 bits per heavy atom. The van der Waals surface area contributed by atoms with Crippen molar-refractivity contribution in [1.82, 2.24) is 9.78 Å². The molecule has 1 heterocycles. The second-order valence-electron chi connectivity index (χ2n) is 3.85. The standard InChI is InChI=1S/C11H17N3O4/c1-5-8-10(14(16)17)9(6-2)13(12-8)7(3)11(15)18-4/h7H,5-6H2,1-4H3/t7-/m0/s1. The highest BCUT2D eigenvalue weighted by molar-refractivity contribution is 5.73. The molecule has 0 aromatic carbocycles. The summed E-state index contributed by atoms with van der Waals surface area (Å²) in [6.45, 7) is 5.20. The summed E-state index contributed by atoms with van der Waals surface area (Å²) in [5, 5.41) is 15.2. The van der Waals surface area contributed by atoms with E-state index in [0.717, 1.165) is 0 Å². The molecule has 0 radical (unpaired) electrons. The molecule has 0 saturated carbocycles. The Balaban J connectivity index is 3.37. The van der Waals surface area contributed by atoms with Crippen LogP contribution in [-0.2, 0) is 22.4 Å². The maximum Gasteiger partial charge on any atom is 0.330 e. The van der Waals surface area contributed by atoms with E-state index in [2.05, 4.69) is 9.84 Å². The summed E-state index contributed by atoms with van der Waals surface area (Å²) in [7, 11) is 1.28. The number of esters is 1. The predicted octanol–water partition coefficient (Wildman–Crippen LogP) is 1.65. The van der Waals surface area contributed by atoms with Crippen molar-refractivity contribution in [2.45, 2.75) is 39.7 Å². The second kappa shape index (κ2) is 5.61. The molecular weight excluding hydrogens is 238 g/mol. The molecule has 18 heavy (non-hydrogen) atoms. The van der Waals surface area contributed by atoms with Crippen LogP contribution in [0.25, 0.3) is 0 Å². The molecule has 0 unspecified atom stereocenters. The lowest BCUT2D eigenvalue weighted by atomic mass is 10.2. The van der Waals surface area contributed by atoms with Crippen LogP contribution in [0.5, 0.6) is 0 Å². The first kappa shape index (κ1) is 14.1. The zero-order valence-corrected chi connectivity index (χ0v) is 11.0. The Kier molecular flexibility index (Phi) is 4.41. The van der Waals surface area contributed by atoms with E-state index < -0.39 is 16.9 Å². The van der Waals surface area contributed by atoms with Gasteiger partial charge in [0.1, 0.15) is 17.4 Å². The van der Waals surface area contributed by atoms with Gasteiger partial charge in [0, 0.05) is 0 Å². The molecule has 0 N–H and O–H groups in total. The minimum Gasteiger partial charge on any atom is -0.467 e. The monoisotopic (exact) mass is 255 g/mol. The van der Waals surface area contributed by atoms with Gasteiger partial charge in [0.15, 0.2) is 0 Å². The number of methoxy groups -OCH3 is 1. The lowest BCUT2D eigenvalue weighted by molar-refractivity contribution is -0.386. The minimum atomic E-state index is -0.663. The number of hydrogen-bond donors (Lipinski definition) is 0. The number of carbonyl (C=O) groups is 1. The van der Waals surface area contributed by atoms with Crippen molar-refractivity contribution in [1.29, 1.82) is 0 Å². The Hall–Kier alpha value is -1.92. The number of rotatable bonds is 5. The third kappa shape index (κ3) is 2.34. The van der Waals surface area contributed by atoms with Gasteiger partial charge in [0.2, 0.25) is 0 Å². The number of carbonyl (C=O) groups excluding carboxylic acids is 1. The quantitative estimate of drug-likeness (QED) is 0.453. The van der Waals surface area contributed by atoms with E-state index >= 15 is 0 Å². The maximum absolute atomic E-state index is 11.5. The fourth-order valence-corrected chi connectivity index (χ4v) is 1.88. The fourth-order valence-electron chi connectivity index (χ4n) is 1.88. The van der Waals surface area contributed by atoms with Crippen LogP contribution in [0.1, 0.15) is 38.2 Å². The Morgan fingerprint density at radius 2 is 2.11 bits per heavy atom. The van der Waals surface area contributed by atoms with Gasteiger partial charge in [-0.15, -0.1) is 0 Å². The Bertz CT molecular complexity index is 467. The molecule has 0 bridgehead atoms. The summed E-state index contributed by atoms with van der Waals surface area (Å²) in [5.41, 5.74) is 0.859. The Labute approximate surface area is 105 Å². The van der Waals surface area contributed by atoms with Crippen molar-refractivity contribution >= 4 is 11.7 Å². The summed E-state index contributed by atoms with van der Waals surface area (Å²) in [6, 6.07) is -0.663. The highest BCUT2D eigenvalue weighted by Gasteiger charge is 2.29. The normalized spacial score (nSPS) is 12.2. The average Bonchev–Trinajstić information content (AvgIpc) is 2.75. The molecule has 7 heteroatoms. The second-order valence-corrected chi connectivity index (χ2v) is 3.85. The van der Waals surface area contributed by atoms with Gasteiger partial charge in [0.25, 0.3) is 0 Å². The van der Waals surface area contributed by atoms with Crippen LogP contribution >= 0.6 is 0 Å². The largest absolute Gasteiger partial charge is 0.467 e. The van der Waals surface area contributed by atoms with Gasteiger partial charge in [-0.3, -0.25) is 10.1 Å². The smallest absolute Gasteiger partial charge is 0.330 e. The average molecular weight is 255 g/mol. The molecular formula is C11H17N3O4. The van der Waals surface area contributed by atoms with Gasteiger partial charge in [0.05, 0.1) is 12.0 Å². The lowest BCUT2D eigenvalue weighted by Gasteiger charge is -2.11. The molecule has 0 saturated heterocycles. The van der Waals surface area contributed by atoms with E-state index in [1.54, 1.807) is 20.8 Å². The summed E-state index contributed by atoms with van der Waals surface area (Å²) >= 11 is 0. The molecule has 1 rings (SSSR count). The van der Waals surface area contributed by atoms with Crippen molar-refractivity contribution in [2.75, 3.05) is 7.11 Å². The maximum atomic E-state index is 11.5. The van der Waals surface area contributed by atoms with Gasteiger partial charge in [-0.05, 0) is 19.8 Å². The van der Waals surface area contributed by atoms with E-state index in [1.165, 1.54) is 11.8 Å². The minimum absolute atomic E-state index is 0.00996. The number of nitrogens with zero attached hydrogens (tertiary/aromatic N) is 3. The zero-order chi connectivity index (χ0) is 13.9. The molecule has 1 atom stereocenters. The topological polar surface area (TPSA) is 87.3 Å². The summed E-state index contributed by atoms with van der Waals surface area (Å²) in [4.78, 5) is 22.1. The van der Waals surface area contributed by atoms with E-state index in [4.69, 9.17) is 0 Å². The number of hydrogen-bond acceptors (Lipinski definition) is 5. The molecule has 7 nitrogen and oxygen atoms in total. The third-order valence-electron chi connectivity index (χ3n) is 2.81. The molecule has 1 aromatic heterocycles. The molecule has 0 spiro atoms. The van der Waals surface area contributed by atoms with Crippen LogP contribution < -0.4 is 0 Å². The molecule has 1 aromatic rings. The van der Waals surface area contributed by atoms with Gasteiger partial charge >= 0.3 is 11.7 Å². The van der Waals surface area contributed by atoms with Crippen molar-refractivity contribution in [3.05, 3.63) is 21.5 Å². The van der Waals surface area contributed by atoms with E-state index in [1.807, 2.05) is 0 Å². The molecule has 0 aliphatic carbocycles. The van der Waals surface area contributed by atoms with Gasteiger partial charge in [-0.2, -0.15) is 5.10 Å². The summed E-state index contributed by atoms with van der Waals surface area (Å²) in [6.07, 6.45) is 0.884. The summed E-state index contributed by atoms with van der Waals surface area (Å²) < 4.78 is 6.03. The number of ether oxygens (including phenoxy) is 1. The third-order valence-corrected chi connectivity index (χ3v) is 2.81. The first-order valence-corrected chi connectivity index (χ1v) is 5.80. The lowest BCUT2D eigenvalue weighted by Crippen LogP contribution is -2.21. The Morgan fingerprint density at radius 3 is 2.50 bits per heavy atom. The van der Waals surface area contributed by atoms with Gasteiger partial charge < -0.3 is 4.74 Å². The first-order chi connectivity index (χ1) is 8.47. The van der Waals surface area contributed by atoms with Gasteiger partial charge in [-0.1, -0.05) is 13.8 Å². The van der Waals surface area contributed by atoms with Crippen LogP contribution in [0.2, 0.25) is 0 Å². The van der Waals surface area contributed by atoms with Crippen LogP contribution in [0.15, 0.2) is 0 Å². The van der Waals surface area contributed by atoms with Crippen LogP contribution in [0.3, 0.4) is 0 Å². The SMILES string of the molecule is CCc1nn([C@@H](C)C(=O)OC)c(CC)c1[N+](=O)[O-]. The van der Waals surface area contributed by atoms with E-state index in [-0.39, 0.29) is 5.69 Å². The number of aromatic nitrogens is 2. The molecule has 100 valence electrons. The molecule has 0 amide bonds. The van der Waals surface area contributed by atoms with Crippen LogP contribution in [0, 0.1) is 10.1 Å². The van der Waals surface area contributed by atoms with Gasteiger partial charge in [-0.25, -0.2) is 9.48 Å². The fraction of sp³-hybridized carbons (Fsp3) is 0.636. The van der Waals surface area contributed by atoms with Crippen molar-refractivity contribution in [3.8, 4) is 0 Å². The van der Waals surface area contributed by atoms with Crippen LogP contribution in [0.4, 0.5) is 5.69 Å². The highest BCUT2D eigenvalue weighted by atomic mass is 16.6. The number of nitro groups is 1. The van der Waals surface area contributed by atoms with E-state index in [0.29, 0.717) is 24.2 Å². The zero-order valence-electron chi connectivity index (χ0n) is 11.0.